The molecule has 0 unspecified atom stereocenters. The zero-order chi connectivity index (χ0) is 14.2. The highest BCUT2D eigenvalue weighted by atomic mass is 16.5. The standard InChI is InChI=1S/C11H18N6O3/c1-18-6-7-19-5-2-10-13-11(20-15-10)9-8-17(4-3-12)16-14-9/h8H,2-7,12H2,1H3. The van der Waals surface area contributed by atoms with Crippen molar-refractivity contribution < 1.29 is 14.0 Å². The van der Waals surface area contributed by atoms with Gasteiger partial charge in [-0.05, 0) is 0 Å². The Morgan fingerprint density at radius 1 is 1.35 bits per heavy atom. The van der Waals surface area contributed by atoms with Gasteiger partial charge in [-0.3, -0.25) is 4.68 Å². The van der Waals surface area contributed by atoms with E-state index in [2.05, 4.69) is 20.5 Å². The fourth-order valence-electron chi connectivity index (χ4n) is 1.51. The molecule has 0 spiro atoms. The summed E-state index contributed by atoms with van der Waals surface area (Å²) < 4.78 is 17.0. The molecule has 9 nitrogen and oxygen atoms in total. The summed E-state index contributed by atoms with van der Waals surface area (Å²) >= 11 is 0. The summed E-state index contributed by atoms with van der Waals surface area (Å²) in [5, 5.41) is 11.7. The lowest BCUT2D eigenvalue weighted by molar-refractivity contribution is 0.0714. The molecule has 0 aromatic carbocycles. The third kappa shape index (κ3) is 4.08. The average Bonchev–Trinajstić information content (AvgIpc) is 3.08. The number of rotatable bonds is 9. The second-order valence-electron chi connectivity index (χ2n) is 4.03. The van der Waals surface area contributed by atoms with Crippen LogP contribution in [0.3, 0.4) is 0 Å². The van der Waals surface area contributed by atoms with Crippen LogP contribution in [0.1, 0.15) is 5.82 Å². The monoisotopic (exact) mass is 282 g/mol. The molecule has 20 heavy (non-hydrogen) atoms. The smallest absolute Gasteiger partial charge is 0.280 e. The van der Waals surface area contributed by atoms with Crippen molar-refractivity contribution in [1.82, 2.24) is 25.1 Å². The SMILES string of the molecule is COCCOCCc1noc(-c2cn(CCN)nn2)n1. The second kappa shape index (κ2) is 7.68. The normalized spacial score (nSPS) is 11.1. The first-order valence-corrected chi connectivity index (χ1v) is 6.33. The highest BCUT2D eigenvalue weighted by Gasteiger charge is 2.12. The molecular formula is C11H18N6O3. The van der Waals surface area contributed by atoms with Crippen LogP contribution in [0.2, 0.25) is 0 Å². The first kappa shape index (κ1) is 14.6. The molecule has 2 aromatic heterocycles. The largest absolute Gasteiger partial charge is 0.382 e. The summed E-state index contributed by atoms with van der Waals surface area (Å²) in [7, 11) is 1.63. The van der Waals surface area contributed by atoms with Gasteiger partial charge >= 0.3 is 0 Å². The van der Waals surface area contributed by atoms with Gasteiger partial charge in [-0.25, -0.2) is 0 Å². The van der Waals surface area contributed by atoms with E-state index < -0.39 is 0 Å². The summed E-state index contributed by atoms with van der Waals surface area (Å²) in [5.74, 6) is 0.922. The number of nitrogens with two attached hydrogens (primary N) is 1. The van der Waals surface area contributed by atoms with Crippen LogP contribution in [0.15, 0.2) is 10.7 Å². The molecule has 0 amide bonds. The molecule has 0 aliphatic carbocycles. The summed E-state index contributed by atoms with van der Waals surface area (Å²) in [4.78, 5) is 4.24. The lowest BCUT2D eigenvalue weighted by Crippen LogP contribution is -2.10. The molecule has 0 saturated carbocycles. The lowest BCUT2D eigenvalue weighted by atomic mass is 10.4. The molecule has 0 bridgehead atoms. The minimum absolute atomic E-state index is 0.347. The van der Waals surface area contributed by atoms with E-state index in [0.29, 0.717) is 56.7 Å². The van der Waals surface area contributed by atoms with Gasteiger partial charge in [0, 0.05) is 20.1 Å². The number of ether oxygens (including phenoxy) is 2. The van der Waals surface area contributed by atoms with Gasteiger partial charge in [0.1, 0.15) is 0 Å². The minimum atomic E-state index is 0.347. The van der Waals surface area contributed by atoms with Crippen LogP contribution in [-0.2, 0) is 22.4 Å². The number of methoxy groups -OCH3 is 1. The molecular weight excluding hydrogens is 264 g/mol. The number of hydrogen-bond donors (Lipinski definition) is 1. The molecule has 2 rings (SSSR count). The van der Waals surface area contributed by atoms with Crippen molar-refractivity contribution in [2.24, 2.45) is 5.73 Å². The Balaban J connectivity index is 1.84. The van der Waals surface area contributed by atoms with Crippen molar-refractivity contribution >= 4 is 0 Å². The highest BCUT2D eigenvalue weighted by Crippen LogP contribution is 2.13. The predicted molar refractivity (Wildman–Crippen MR) is 68.8 cm³/mol. The van der Waals surface area contributed by atoms with Crippen LogP contribution in [0, 0.1) is 0 Å². The molecule has 0 saturated heterocycles. The van der Waals surface area contributed by atoms with Crippen molar-refractivity contribution in [3.8, 4) is 11.6 Å². The molecule has 2 heterocycles. The molecule has 0 atom stereocenters. The van der Waals surface area contributed by atoms with Crippen LogP contribution < -0.4 is 5.73 Å². The highest BCUT2D eigenvalue weighted by molar-refractivity contribution is 5.43. The summed E-state index contributed by atoms with van der Waals surface area (Å²) in [6.07, 6.45) is 2.30. The van der Waals surface area contributed by atoms with Gasteiger partial charge in [0.2, 0.25) is 0 Å². The number of aromatic nitrogens is 5. The summed E-state index contributed by atoms with van der Waals surface area (Å²) in [6, 6.07) is 0. The van der Waals surface area contributed by atoms with Crippen molar-refractivity contribution in [3.05, 3.63) is 12.0 Å². The number of hydrogen-bond acceptors (Lipinski definition) is 8. The Hall–Kier alpha value is -1.84. The fraction of sp³-hybridized carbons (Fsp3) is 0.636. The van der Waals surface area contributed by atoms with Gasteiger partial charge in [-0.1, -0.05) is 10.4 Å². The molecule has 9 heteroatoms. The molecule has 2 N–H and O–H groups in total. The molecule has 0 radical (unpaired) electrons. The van der Waals surface area contributed by atoms with E-state index in [9.17, 15) is 0 Å². The lowest BCUT2D eigenvalue weighted by Gasteiger charge is -1.99. The van der Waals surface area contributed by atoms with E-state index in [1.54, 1.807) is 18.0 Å². The van der Waals surface area contributed by atoms with Gasteiger partial charge in [0.05, 0.1) is 32.6 Å². The molecule has 0 fully saturated rings. The van der Waals surface area contributed by atoms with E-state index >= 15 is 0 Å². The van der Waals surface area contributed by atoms with Gasteiger partial charge in [0.25, 0.3) is 5.89 Å². The van der Waals surface area contributed by atoms with Crippen molar-refractivity contribution in [2.45, 2.75) is 13.0 Å². The van der Waals surface area contributed by atoms with Crippen molar-refractivity contribution in [1.29, 1.82) is 0 Å². The predicted octanol–water partition coefficient (Wildman–Crippen LogP) is -0.508. The first-order chi connectivity index (χ1) is 9.83. The van der Waals surface area contributed by atoms with E-state index in [0.717, 1.165) is 0 Å². The maximum atomic E-state index is 5.44. The van der Waals surface area contributed by atoms with E-state index in [-0.39, 0.29) is 0 Å². The van der Waals surface area contributed by atoms with Gasteiger partial charge in [-0.2, -0.15) is 4.98 Å². The van der Waals surface area contributed by atoms with E-state index in [1.807, 2.05) is 0 Å². The molecule has 110 valence electrons. The van der Waals surface area contributed by atoms with Crippen molar-refractivity contribution in [2.75, 3.05) is 33.5 Å². The van der Waals surface area contributed by atoms with Crippen molar-refractivity contribution in [3.63, 3.8) is 0 Å². The van der Waals surface area contributed by atoms with Crippen LogP contribution in [0.5, 0.6) is 0 Å². The van der Waals surface area contributed by atoms with Gasteiger partial charge in [-0.15, -0.1) is 5.10 Å². The third-order valence-electron chi connectivity index (χ3n) is 2.49. The third-order valence-corrected chi connectivity index (χ3v) is 2.49. The summed E-state index contributed by atoms with van der Waals surface area (Å²) in [5.41, 5.74) is 5.98. The maximum Gasteiger partial charge on any atom is 0.280 e. The van der Waals surface area contributed by atoms with Crippen LogP contribution >= 0.6 is 0 Å². The molecule has 0 aliphatic heterocycles. The fourth-order valence-corrected chi connectivity index (χ4v) is 1.51. The first-order valence-electron chi connectivity index (χ1n) is 6.33. The minimum Gasteiger partial charge on any atom is -0.382 e. The van der Waals surface area contributed by atoms with Gasteiger partial charge < -0.3 is 19.7 Å². The summed E-state index contributed by atoms with van der Waals surface area (Å²) in [6.45, 7) is 2.73. The van der Waals surface area contributed by atoms with Gasteiger partial charge in [0.15, 0.2) is 11.5 Å². The molecule has 0 aliphatic rings. The second-order valence-corrected chi connectivity index (χ2v) is 4.03. The zero-order valence-corrected chi connectivity index (χ0v) is 11.4. The Labute approximate surface area is 116 Å². The van der Waals surface area contributed by atoms with E-state index in [1.165, 1.54) is 0 Å². The van der Waals surface area contributed by atoms with Crippen LogP contribution in [-0.4, -0.2) is 58.6 Å². The maximum absolute atomic E-state index is 5.44. The topological polar surface area (TPSA) is 114 Å². The Bertz CT molecular complexity index is 512. The average molecular weight is 282 g/mol. The number of nitrogens with zero attached hydrogens (tertiary/aromatic N) is 5. The Morgan fingerprint density at radius 2 is 2.25 bits per heavy atom. The Morgan fingerprint density at radius 3 is 3.05 bits per heavy atom. The van der Waals surface area contributed by atoms with Crippen LogP contribution in [0.25, 0.3) is 11.6 Å². The zero-order valence-electron chi connectivity index (χ0n) is 11.4. The van der Waals surface area contributed by atoms with E-state index in [4.69, 9.17) is 19.7 Å². The quantitative estimate of drug-likeness (QED) is 0.612. The molecule has 2 aromatic rings. The Kier molecular flexibility index (Phi) is 5.59. The van der Waals surface area contributed by atoms with Crippen LogP contribution in [0.4, 0.5) is 0 Å².